The molecule has 0 atom stereocenters. The summed E-state index contributed by atoms with van der Waals surface area (Å²) in [6.45, 7) is 0. The Labute approximate surface area is 102 Å². The Morgan fingerprint density at radius 3 is 3.18 bits per heavy atom. The highest BCUT2D eigenvalue weighted by Crippen LogP contribution is 2.07. The summed E-state index contributed by atoms with van der Waals surface area (Å²) in [5, 5.41) is 3.53. The quantitative estimate of drug-likeness (QED) is 0.627. The molecule has 0 aliphatic heterocycles. The average Bonchev–Trinajstić information content (AvgIpc) is 2.36. The van der Waals surface area contributed by atoms with Crippen LogP contribution in [-0.2, 0) is 4.74 Å². The maximum absolute atomic E-state index is 11.0. The smallest absolute Gasteiger partial charge is 0.427 e. The van der Waals surface area contributed by atoms with Crippen molar-refractivity contribution in [2.24, 2.45) is 5.10 Å². The van der Waals surface area contributed by atoms with Crippen molar-refractivity contribution in [1.29, 1.82) is 0 Å². The molecular formula is C11H10N4O2. The summed E-state index contributed by atoms with van der Waals surface area (Å²) >= 11 is 0. The van der Waals surface area contributed by atoms with Gasteiger partial charge in [0.2, 0.25) is 0 Å². The van der Waals surface area contributed by atoms with Crippen molar-refractivity contribution < 1.29 is 13.6 Å². The van der Waals surface area contributed by atoms with Crippen LogP contribution in [0.5, 0.6) is 0 Å². The van der Waals surface area contributed by atoms with E-state index in [1.165, 1.54) is 12.4 Å². The summed E-state index contributed by atoms with van der Waals surface area (Å²) in [5.74, 6) is 0. The molecule has 1 N–H and O–H groups in total. The monoisotopic (exact) mass is 233 g/mol. The first-order valence-corrected chi connectivity index (χ1v) is 4.68. The average molecular weight is 233 g/mol. The molecule has 17 heavy (non-hydrogen) atoms. The lowest BCUT2D eigenvalue weighted by Crippen LogP contribution is -2.16. The Morgan fingerprint density at radius 1 is 1.53 bits per heavy atom. The molecule has 6 nitrogen and oxygen atoms in total. The van der Waals surface area contributed by atoms with Crippen molar-refractivity contribution in [1.82, 2.24) is 15.4 Å². The van der Waals surface area contributed by atoms with E-state index in [2.05, 4.69) is 19.8 Å². The minimum absolute atomic E-state index is 0.415. The number of amides is 1. The largest absolute Gasteiger partial charge is 0.452 e. The van der Waals surface area contributed by atoms with Gasteiger partial charge in [-0.3, -0.25) is 4.98 Å². The first kappa shape index (κ1) is 7.72. The van der Waals surface area contributed by atoms with Crippen LogP contribution in [0, 0.1) is 0 Å². The molecule has 0 saturated heterocycles. The van der Waals surface area contributed by atoms with Gasteiger partial charge >= 0.3 is 6.09 Å². The van der Waals surface area contributed by atoms with E-state index < -0.39 is 13.1 Å². The van der Waals surface area contributed by atoms with E-state index in [-0.39, 0.29) is 0 Å². The predicted molar refractivity (Wildman–Crippen MR) is 62.7 cm³/mol. The van der Waals surface area contributed by atoms with Crippen LogP contribution in [0.4, 0.5) is 4.79 Å². The number of hydrazone groups is 1. The van der Waals surface area contributed by atoms with Crippen LogP contribution in [0.3, 0.4) is 0 Å². The third kappa shape index (κ3) is 2.75. The number of ether oxygens (including phenoxy) is 1. The van der Waals surface area contributed by atoms with E-state index in [1.807, 2.05) is 23.6 Å². The van der Waals surface area contributed by atoms with Gasteiger partial charge in [-0.25, -0.2) is 15.2 Å². The summed E-state index contributed by atoms with van der Waals surface area (Å²) in [6, 6.07) is 7.27. The van der Waals surface area contributed by atoms with E-state index in [0.29, 0.717) is 11.2 Å². The van der Waals surface area contributed by atoms with Gasteiger partial charge < -0.3 is 4.74 Å². The van der Waals surface area contributed by atoms with Crippen molar-refractivity contribution >= 4 is 23.3 Å². The zero-order valence-corrected chi connectivity index (χ0v) is 8.62. The Kier molecular flexibility index (Phi) is 2.28. The topological polar surface area (TPSA) is 76.5 Å². The second-order valence-corrected chi connectivity index (χ2v) is 3.04. The lowest BCUT2D eigenvalue weighted by atomic mass is 10.3. The van der Waals surface area contributed by atoms with Crippen molar-refractivity contribution in [3.63, 3.8) is 0 Å². The SMILES string of the molecule is [2H]C([2H])([2H])OC(=O)N/N=C/c1cnc2ccccc2n1. The summed E-state index contributed by atoms with van der Waals surface area (Å²) in [5.41, 5.74) is 3.75. The van der Waals surface area contributed by atoms with Gasteiger partial charge in [0.05, 0.1) is 34.6 Å². The molecule has 0 saturated carbocycles. The molecule has 1 aromatic heterocycles. The van der Waals surface area contributed by atoms with Crippen LogP contribution in [0.1, 0.15) is 9.81 Å². The number of carbonyl (C=O) groups excluding carboxylic acids is 1. The van der Waals surface area contributed by atoms with Crippen LogP contribution >= 0.6 is 0 Å². The zero-order chi connectivity index (χ0) is 14.6. The highest BCUT2D eigenvalue weighted by atomic mass is 16.5. The van der Waals surface area contributed by atoms with Crippen LogP contribution in [-0.4, -0.2) is 29.3 Å². The fraction of sp³-hybridized carbons (Fsp3) is 0.0909. The molecule has 0 radical (unpaired) electrons. The molecule has 0 aliphatic carbocycles. The normalized spacial score (nSPS) is 14.0. The van der Waals surface area contributed by atoms with Crippen molar-refractivity contribution in [2.45, 2.75) is 0 Å². The van der Waals surface area contributed by atoms with Gasteiger partial charge in [0.15, 0.2) is 0 Å². The fourth-order valence-electron chi connectivity index (χ4n) is 1.21. The Hall–Kier alpha value is -2.50. The van der Waals surface area contributed by atoms with Gasteiger partial charge in [0.1, 0.15) is 5.69 Å². The third-order valence-electron chi connectivity index (χ3n) is 1.91. The summed E-state index contributed by atoms with van der Waals surface area (Å²) in [4.78, 5) is 19.4. The number of benzene rings is 1. The zero-order valence-electron chi connectivity index (χ0n) is 11.6. The number of aromatic nitrogens is 2. The maximum Gasteiger partial charge on any atom is 0.427 e. The van der Waals surface area contributed by atoms with E-state index in [0.717, 1.165) is 5.52 Å². The molecule has 1 amide bonds. The Bertz CT molecular complexity index is 657. The molecule has 0 unspecified atom stereocenters. The number of nitrogens with one attached hydrogen (secondary N) is 1. The minimum Gasteiger partial charge on any atom is -0.452 e. The Balaban J connectivity index is 2.01. The van der Waals surface area contributed by atoms with E-state index in [4.69, 9.17) is 4.11 Å². The first-order valence-electron chi connectivity index (χ1n) is 6.18. The van der Waals surface area contributed by atoms with Gasteiger partial charge in [-0.1, -0.05) is 12.1 Å². The number of carbonyl (C=O) groups is 1. The van der Waals surface area contributed by atoms with E-state index in [1.54, 1.807) is 6.07 Å². The predicted octanol–water partition coefficient (Wildman–Crippen LogP) is 1.32. The first-order chi connectivity index (χ1) is 9.44. The number of para-hydroxylation sites is 2. The molecule has 86 valence electrons. The van der Waals surface area contributed by atoms with Crippen molar-refractivity contribution in [3.05, 3.63) is 36.2 Å². The lowest BCUT2D eigenvalue weighted by Gasteiger charge is -1.97. The number of fused-ring (bicyclic) bond motifs is 1. The van der Waals surface area contributed by atoms with Crippen molar-refractivity contribution in [3.8, 4) is 0 Å². The molecule has 1 aromatic carbocycles. The summed E-state index contributed by atoms with van der Waals surface area (Å²) in [7, 11) is -2.80. The van der Waals surface area contributed by atoms with Crippen LogP contribution in [0.2, 0.25) is 0 Å². The van der Waals surface area contributed by atoms with Crippen molar-refractivity contribution in [2.75, 3.05) is 7.04 Å². The standard InChI is InChI=1S/C11H10N4O2/c1-17-11(16)15-13-7-8-6-12-9-4-2-3-5-10(9)14-8/h2-7H,1H3,(H,15,16)/b13-7+/i1D3. The number of hydrogen-bond acceptors (Lipinski definition) is 5. The maximum atomic E-state index is 11.0. The van der Waals surface area contributed by atoms with Gasteiger partial charge in [-0.15, -0.1) is 0 Å². The van der Waals surface area contributed by atoms with Gasteiger partial charge in [0, 0.05) is 0 Å². The van der Waals surface area contributed by atoms with Crippen LogP contribution in [0.25, 0.3) is 11.0 Å². The highest BCUT2D eigenvalue weighted by molar-refractivity contribution is 5.82. The minimum atomic E-state index is -2.80. The molecule has 0 fully saturated rings. The van der Waals surface area contributed by atoms with Crippen LogP contribution < -0.4 is 5.43 Å². The van der Waals surface area contributed by atoms with Crippen LogP contribution in [0.15, 0.2) is 35.6 Å². The second-order valence-electron chi connectivity index (χ2n) is 3.04. The van der Waals surface area contributed by atoms with E-state index >= 15 is 0 Å². The van der Waals surface area contributed by atoms with Gasteiger partial charge in [0.25, 0.3) is 0 Å². The number of rotatable bonds is 2. The molecule has 0 spiro atoms. The number of methoxy groups -OCH3 is 1. The van der Waals surface area contributed by atoms with Gasteiger partial charge in [-0.05, 0) is 12.1 Å². The second kappa shape index (κ2) is 5.02. The molecule has 2 aromatic rings. The lowest BCUT2D eigenvalue weighted by molar-refractivity contribution is 0.171. The summed E-state index contributed by atoms with van der Waals surface area (Å²) < 4.78 is 24.2. The number of hydrogen-bond donors (Lipinski definition) is 1. The summed E-state index contributed by atoms with van der Waals surface area (Å²) in [6.07, 6.45) is 1.54. The third-order valence-corrected chi connectivity index (χ3v) is 1.91. The fourth-order valence-corrected chi connectivity index (χ4v) is 1.21. The number of nitrogens with zero attached hydrogens (tertiary/aromatic N) is 3. The van der Waals surface area contributed by atoms with E-state index in [9.17, 15) is 4.79 Å². The molecule has 0 bridgehead atoms. The molecule has 2 rings (SSSR count). The molecule has 0 aliphatic rings. The van der Waals surface area contributed by atoms with Gasteiger partial charge in [-0.2, -0.15) is 5.10 Å². The molecule has 1 heterocycles. The molecule has 6 heteroatoms. The highest BCUT2D eigenvalue weighted by Gasteiger charge is 1.97. The Morgan fingerprint density at radius 2 is 2.35 bits per heavy atom. The molecular weight excluding hydrogens is 220 g/mol.